The lowest BCUT2D eigenvalue weighted by molar-refractivity contribution is -0.127. The van der Waals surface area contributed by atoms with Gasteiger partial charge in [-0.25, -0.2) is 0 Å². The van der Waals surface area contributed by atoms with Gasteiger partial charge in [0.05, 0.1) is 0 Å². The Morgan fingerprint density at radius 2 is 1.93 bits per heavy atom. The SMILES string of the molecule is Cn1nccc1C(=O)N1CCC2(CC1)CC(=O)N(C/C=C/c1ccccc1)C2. The van der Waals surface area contributed by atoms with Gasteiger partial charge in [0.2, 0.25) is 5.91 Å². The van der Waals surface area contributed by atoms with E-state index in [1.807, 2.05) is 28.0 Å². The zero-order chi connectivity index (χ0) is 19.6. The van der Waals surface area contributed by atoms with Gasteiger partial charge < -0.3 is 9.80 Å². The standard InChI is InChI=1S/C22H26N4O2/c1-24-19(9-12-23-24)21(28)25-14-10-22(11-15-25)16-20(27)26(17-22)13-5-8-18-6-3-2-4-7-18/h2-9,12H,10-11,13-17H2,1H3/b8-5+. The first-order chi connectivity index (χ1) is 13.6. The van der Waals surface area contributed by atoms with Crippen LogP contribution in [0.1, 0.15) is 35.3 Å². The molecule has 2 fully saturated rings. The van der Waals surface area contributed by atoms with E-state index in [1.54, 1.807) is 24.0 Å². The number of piperidine rings is 1. The van der Waals surface area contributed by atoms with Gasteiger partial charge in [0.1, 0.15) is 5.69 Å². The maximum absolute atomic E-state index is 12.7. The molecule has 0 N–H and O–H groups in total. The average Bonchev–Trinajstić information content (AvgIpc) is 3.26. The van der Waals surface area contributed by atoms with Crippen LogP contribution in [0.2, 0.25) is 0 Å². The molecule has 28 heavy (non-hydrogen) atoms. The predicted molar refractivity (Wildman–Crippen MR) is 107 cm³/mol. The predicted octanol–water partition coefficient (Wildman–Crippen LogP) is 2.59. The molecular formula is C22H26N4O2. The number of likely N-dealkylation sites (tertiary alicyclic amines) is 2. The Bertz CT molecular complexity index is 879. The molecule has 0 saturated carbocycles. The largest absolute Gasteiger partial charge is 0.338 e. The van der Waals surface area contributed by atoms with E-state index in [0.29, 0.717) is 31.7 Å². The van der Waals surface area contributed by atoms with Gasteiger partial charge in [0, 0.05) is 51.3 Å². The summed E-state index contributed by atoms with van der Waals surface area (Å²) in [4.78, 5) is 29.1. The number of hydrogen-bond acceptors (Lipinski definition) is 3. The Hall–Kier alpha value is -2.89. The van der Waals surface area contributed by atoms with Gasteiger partial charge in [-0.05, 0) is 24.5 Å². The van der Waals surface area contributed by atoms with Crippen molar-refractivity contribution in [2.45, 2.75) is 19.3 Å². The second-order valence-electron chi connectivity index (χ2n) is 7.90. The van der Waals surface area contributed by atoms with Crippen molar-refractivity contribution in [1.29, 1.82) is 0 Å². The minimum absolute atomic E-state index is 0.0148. The van der Waals surface area contributed by atoms with Crippen LogP contribution >= 0.6 is 0 Å². The van der Waals surface area contributed by atoms with Crippen molar-refractivity contribution in [3.05, 3.63) is 59.9 Å². The molecule has 0 radical (unpaired) electrons. The van der Waals surface area contributed by atoms with Crippen molar-refractivity contribution in [2.75, 3.05) is 26.2 Å². The number of hydrogen-bond donors (Lipinski definition) is 0. The zero-order valence-corrected chi connectivity index (χ0v) is 16.3. The van der Waals surface area contributed by atoms with Crippen LogP contribution in [-0.2, 0) is 11.8 Å². The van der Waals surface area contributed by atoms with E-state index in [9.17, 15) is 9.59 Å². The number of rotatable bonds is 4. The number of nitrogens with zero attached hydrogens (tertiary/aromatic N) is 4. The number of benzene rings is 1. The Morgan fingerprint density at radius 1 is 1.18 bits per heavy atom. The highest BCUT2D eigenvalue weighted by molar-refractivity contribution is 5.92. The molecule has 0 aliphatic carbocycles. The van der Waals surface area contributed by atoms with Crippen LogP contribution in [0.4, 0.5) is 0 Å². The molecule has 6 heteroatoms. The molecular weight excluding hydrogens is 352 g/mol. The minimum Gasteiger partial charge on any atom is -0.338 e. The highest BCUT2D eigenvalue weighted by atomic mass is 16.2. The Morgan fingerprint density at radius 3 is 2.61 bits per heavy atom. The Balaban J connectivity index is 1.33. The zero-order valence-electron chi connectivity index (χ0n) is 16.3. The number of carbonyl (C=O) groups is 2. The first kappa shape index (κ1) is 18.5. The molecule has 0 atom stereocenters. The van der Waals surface area contributed by atoms with Crippen molar-refractivity contribution in [1.82, 2.24) is 19.6 Å². The molecule has 0 unspecified atom stereocenters. The van der Waals surface area contributed by atoms with Gasteiger partial charge in [0.25, 0.3) is 5.91 Å². The molecule has 2 aromatic rings. The molecule has 1 spiro atoms. The lowest BCUT2D eigenvalue weighted by Crippen LogP contribution is -2.44. The van der Waals surface area contributed by atoms with E-state index in [4.69, 9.17) is 0 Å². The second-order valence-corrected chi connectivity index (χ2v) is 7.90. The topological polar surface area (TPSA) is 58.4 Å². The molecule has 4 rings (SSSR count). The van der Waals surface area contributed by atoms with Gasteiger partial charge in [0.15, 0.2) is 0 Å². The lowest BCUT2D eigenvalue weighted by atomic mass is 9.77. The first-order valence-electron chi connectivity index (χ1n) is 9.83. The number of carbonyl (C=O) groups excluding carboxylic acids is 2. The van der Waals surface area contributed by atoms with Crippen LogP contribution in [-0.4, -0.2) is 57.6 Å². The fraction of sp³-hybridized carbons (Fsp3) is 0.409. The third kappa shape index (κ3) is 3.72. The Labute approximate surface area is 165 Å². The molecule has 2 saturated heterocycles. The molecule has 3 heterocycles. The summed E-state index contributed by atoms with van der Waals surface area (Å²) in [6.07, 6.45) is 8.12. The first-order valence-corrected chi connectivity index (χ1v) is 9.83. The quantitative estimate of drug-likeness (QED) is 0.822. The van der Waals surface area contributed by atoms with Crippen LogP contribution in [0, 0.1) is 5.41 Å². The van der Waals surface area contributed by atoms with Gasteiger partial charge >= 0.3 is 0 Å². The molecule has 2 aliphatic heterocycles. The number of amides is 2. The summed E-state index contributed by atoms with van der Waals surface area (Å²) in [5.41, 5.74) is 1.78. The van der Waals surface area contributed by atoms with Crippen molar-refractivity contribution in [3.63, 3.8) is 0 Å². The lowest BCUT2D eigenvalue weighted by Gasteiger charge is -2.38. The fourth-order valence-corrected chi connectivity index (χ4v) is 4.29. The summed E-state index contributed by atoms with van der Waals surface area (Å²) in [6, 6.07) is 11.9. The van der Waals surface area contributed by atoms with Crippen molar-refractivity contribution in [3.8, 4) is 0 Å². The molecule has 2 aliphatic rings. The van der Waals surface area contributed by atoms with Crippen molar-refractivity contribution in [2.24, 2.45) is 12.5 Å². The van der Waals surface area contributed by atoms with E-state index < -0.39 is 0 Å². The highest BCUT2D eigenvalue weighted by Crippen LogP contribution is 2.41. The van der Waals surface area contributed by atoms with Crippen LogP contribution in [0.25, 0.3) is 6.08 Å². The summed E-state index contributed by atoms with van der Waals surface area (Å²) in [5.74, 6) is 0.256. The van der Waals surface area contributed by atoms with Crippen LogP contribution in [0.3, 0.4) is 0 Å². The molecule has 146 valence electrons. The summed E-state index contributed by atoms with van der Waals surface area (Å²) in [6.45, 7) is 2.84. The molecule has 0 bridgehead atoms. The molecule has 6 nitrogen and oxygen atoms in total. The fourth-order valence-electron chi connectivity index (χ4n) is 4.29. The Kier molecular flexibility index (Phi) is 5.03. The highest BCUT2D eigenvalue weighted by Gasteiger charge is 2.45. The maximum Gasteiger partial charge on any atom is 0.272 e. The molecule has 1 aromatic heterocycles. The molecule has 1 aromatic carbocycles. The summed E-state index contributed by atoms with van der Waals surface area (Å²) in [7, 11) is 1.79. The van der Waals surface area contributed by atoms with Gasteiger partial charge in [-0.2, -0.15) is 5.10 Å². The normalized spacial score (nSPS) is 19.1. The monoisotopic (exact) mass is 378 g/mol. The summed E-state index contributed by atoms with van der Waals surface area (Å²) >= 11 is 0. The van der Waals surface area contributed by atoms with Crippen LogP contribution < -0.4 is 0 Å². The van der Waals surface area contributed by atoms with Gasteiger partial charge in [-0.15, -0.1) is 0 Å². The van der Waals surface area contributed by atoms with Gasteiger partial charge in [-0.3, -0.25) is 14.3 Å². The third-order valence-corrected chi connectivity index (χ3v) is 5.99. The minimum atomic E-state index is 0.0148. The second kappa shape index (κ2) is 7.62. The van der Waals surface area contributed by atoms with E-state index >= 15 is 0 Å². The third-order valence-electron chi connectivity index (χ3n) is 5.99. The van der Waals surface area contributed by atoms with E-state index in [1.165, 1.54) is 0 Å². The van der Waals surface area contributed by atoms with Crippen molar-refractivity contribution < 1.29 is 9.59 Å². The summed E-state index contributed by atoms with van der Waals surface area (Å²) in [5, 5.41) is 4.09. The average molecular weight is 378 g/mol. The molecule has 2 amide bonds. The summed E-state index contributed by atoms with van der Waals surface area (Å²) < 4.78 is 1.62. The van der Waals surface area contributed by atoms with Crippen LogP contribution in [0.15, 0.2) is 48.7 Å². The van der Waals surface area contributed by atoms with E-state index in [2.05, 4.69) is 29.4 Å². The number of aryl methyl sites for hydroxylation is 1. The van der Waals surface area contributed by atoms with Crippen LogP contribution in [0.5, 0.6) is 0 Å². The smallest absolute Gasteiger partial charge is 0.272 e. The van der Waals surface area contributed by atoms with E-state index in [0.717, 1.165) is 24.9 Å². The van der Waals surface area contributed by atoms with E-state index in [-0.39, 0.29) is 17.2 Å². The maximum atomic E-state index is 12.7. The number of aromatic nitrogens is 2. The van der Waals surface area contributed by atoms with Gasteiger partial charge in [-0.1, -0.05) is 42.5 Å². The van der Waals surface area contributed by atoms with Crippen molar-refractivity contribution >= 4 is 17.9 Å².